The Morgan fingerprint density at radius 2 is 1.92 bits per heavy atom. The lowest BCUT2D eigenvalue weighted by molar-refractivity contribution is -0.0719. The van der Waals surface area contributed by atoms with Gasteiger partial charge in [-0.15, -0.1) is 0 Å². The van der Waals surface area contributed by atoms with Crippen molar-refractivity contribution in [1.82, 2.24) is 19.5 Å². The molecule has 1 aliphatic heterocycles. The fourth-order valence-corrected chi connectivity index (χ4v) is 6.11. The molecule has 23 heteroatoms. The molecule has 0 bridgehead atoms. The molecule has 19 nitrogen and oxygen atoms in total. The minimum Gasteiger partial charge on any atom is -0.386 e. The van der Waals surface area contributed by atoms with Gasteiger partial charge in [0.1, 0.15) is 18.9 Å². The number of hydrogen-bond acceptors (Lipinski definition) is 13. The van der Waals surface area contributed by atoms with Crippen LogP contribution in [0.25, 0.3) is 11.2 Å². The molecule has 9 N–H and O–H groups in total. The Balaban J connectivity index is 1.89. The molecule has 0 spiro atoms. The molecular weight excluding hydrogens is 562 g/mol. The smallest absolute Gasteiger partial charge is 0.386 e. The molecule has 0 aliphatic carbocycles. The summed E-state index contributed by atoms with van der Waals surface area (Å²) in [6.45, 7) is -2.45. The molecule has 3 unspecified atom stereocenters. The van der Waals surface area contributed by atoms with Crippen LogP contribution in [0.2, 0.25) is 0 Å². The van der Waals surface area contributed by atoms with E-state index in [1.165, 1.54) is 0 Å². The first-order valence-corrected chi connectivity index (χ1v) is 13.6. The predicted molar refractivity (Wildman–Crippen MR) is 111 cm³/mol. The Hall–Kier alpha value is -2.07. The van der Waals surface area contributed by atoms with Gasteiger partial charge in [0.2, 0.25) is 5.95 Å². The summed E-state index contributed by atoms with van der Waals surface area (Å²) in [6, 6.07) is 0. The van der Waals surface area contributed by atoms with Gasteiger partial charge in [-0.3, -0.25) is 18.9 Å². The fraction of sp³-hybridized carbons (Fsp3) is 0.462. The summed E-state index contributed by atoms with van der Waals surface area (Å²) in [6.07, 6.45) is -4.75. The number of aliphatic hydroxyl groups excluding tert-OH is 1. The number of hydrogen-bond donors (Lipinski definition) is 8. The SMILES string of the molecule is Nc1nc2c(ncn2[C@@H]2O[C@H](COP(=O)(O)OP(=O)(O)OP(=O)(O)O)[C@H](O)C2(O)C#CCF)c(=O)[nH]1. The molecule has 200 valence electrons. The van der Waals surface area contributed by atoms with E-state index in [1.807, 2.05) is 11.8 Å². The Labute approximate surface area is 198 Å². The third-order valence-electron chi connectivity index (χ3n) is 4.36. The first kappa shape index (κ1) is 28.5. The fourth-order valence-electron chi connectivity index (χ4n) is 3.08. The highest BCUT2D eigenvalue weighted by Crippen LogP contribution is 2.66. The number of nitrogens with two attached hydrogens (primary N) is 1. The molecule has 36 heavy (non-hydrogen) atoms. The van der Waals surface area contributed by atoms with Gasteiger partial charge >= 0.3 is 23.5 Å². The Bertz CT molecular complexity index is 1410. The maximum absolute atomic E-state index is 12.7. The summed E-state index contributed by atoms with van der Waals surface area (Å²) in [4.78, 5) is 57.7. The second-order valence-corrected chi connectivity index (χ2v) is 11.3. The molecule has 0 radical (unpaired) electrons. The molecule has 1 saturated heterocycles. The molecular formula is C13H17FN5O14P3. The number of nitrogens with zero attached hydrogens (tertiary/aromatic N) is 3. The van der Waals surface area contributed by atoms with Gasteiger partial charge in [-0.1, -0.05) is 11.8 Å². The van der Waals surface area contributed by atoms with Gasteiger partial charge in [0.05, 0.1) is 12.9 Å². The minimum absolute atomic E-state index is 0.262. The third-order valence-corrected chi connectivity index (χ3v) is 8.16. The van der Waals surface area contributed by atoms with E-state index in [2.05, 4.69) is 28.1 Å². The maximum Gasteiger partial charge on any atom is 0.490 e. The van der Waals surface area contributed by atoms with Crippen LogP contribution in [0.3, 0.4) is 0 Å². The van der Waals surface area contributed by atoms with Crippen molar-refractivity contribution < 1.29 is 65.8 Å². The van der Waals surface area contributed by atoms with E-state index in [4.69, 9.17) is 20.3 Å². The normalized spacial score (nSPS) is 27.8. The quantitative estimate of drug-likeness (QED) is 0.124. The van der Waals surface area contributed by atoms with Gasteiger partial charge in [-0.2, -0.15) is 13.6 Å². The summed E-state index contributed by atoms with van der Waals surface area (Å²) in [7, 11) is -17.1. The maximum atomic E-state index is 12.7. The Morgan fingerprint density at radius 3 is 2.53 bits per heavy atom. The first-order chi connectivity index (χ1) is 16.5. The number of fused-ring (bicyclic) bond motifs is 1. The van der Waals surface area contributed by atoms with Crippen LogP contribution >= 0.6 is 23.5 Å². The van der Waals surface area contributed by atoms with E-state index in [0.717, 1.165) is 10.9 Å². The summed E-state index contributed by atoms with van der Waals surface area (Å²) < 4.78 is 64.7. The van der Waals surface area contributed by atoms with Crippen molar-refractivity contribution in [3.05, 3.63) is 16.7 Å². The molecule has 0 amide bonds. The van der Waals surface area contributed by atoms with Crippen molar-refractivity contribution in [2.45, 2.75) is 24.0 Å². The number of nitrogen functional groups attached to an aromatic ring is 1. The summed E-state index contributed by atoms with van der Waals surface area (Å²) in [5.41, 5.74) is 1.52. The Kier molecular flexibility index (Phi) is 7.92. The number of halogens is 1. The number of phosphoric acid groups is 3. The van der Waals surface area contributed by atoms with Crippen molar-refractivity contribution in [3.63, 3.8) is 0 Å². The van der Waals surface area contributed by atoms with Crippen molar-refractivity contribution >= 4 is 40.6 Å². The number of ether oxygens (including phenoxy) is 1. The molecule has 2 aromatic heterocycles. The van der Waals surface area contributed by atoms with Crippen LogP contribution in [0, 0.1) is 11.8 Å². The first-order valence-electron chi connectivity index (χ1n) is 9.10. The molecule has 6 atom stereocenters. The summed E-state index contributed by atoms with van der Waals surface area (Å²) in [5, 5.41) is 21.6. The van der Waals surface area contributed by atoms with E-state index in [-0.39, 0.29) is 17.1 Å². The average Bonchev–Trinajstić information content (AvgIpc) is 3.22. The standard InChI is InChI=1S/C13H17FN5O14P3/c14-3-1-2-13(22)8(20)6(4-30-35(26,27)33-36(28,29)32-34(23,24)25)31-11(13)19-5-16-7-9(19)17-12(15)18-10(7)21/h5-6,8,11,20,22H,3-4H2,(H,26,27)(H,28,29)(H2,23,24,25)(H3,15,17,18,21)/t6-,8+,11-,13?/m1/s1. The predicted octanol–water partition coefficient (Wildman–Crippen LogP) is -1.99. The van der Waals surface area contributed by atoms with Gasteiger partial charge in [-0.25, -0.2) is 23.1 Å². The van der Waals surface area contributed by atoms with Crippen LogP contribution < -0.4 is 11.3 Å². The third kappa shape index (κ3) is 6.25. The monoisotopic (exact) mass is 579 g/mol. The molecule has 2 aromatic rings. The number of phosphoric ester groups is 1. The van der Waals surface area contributed by atoms with Crippen molar-refractivity contribution in [2.75, 3.05) is 19.0 Å². The van der Waals surface area contributed by atoms with Crippen LogP contribution in [-0.2, 0) is 31.6 Å². The van der Waals surface area contributed by atoms with Gasteiger partial charge in [0, 0.05) is 0 Å². The number of H-pyrrole nitrogens is 1. The topological polar surface area (TPSA) is 299 Å². The van der Waals surface area contributed by atoms with E-state index < -0.39 is 66.3 Å². The number of alkyl halides is 1. The Morgan fingerprint density at radius 1 is 1.25 bits per heavy atom. The lowest BCUT2D eigenvalue weighted by atomic mass is 9.94. The number of aromatic nitrogens is 4. The summed E-state index contributed by atoms with van der Waals surface area (Å²) in [5.74, 6) is 3.55. The average molecular weight is 579 g/mol. The minimum atomic E-state index is -5.82. The number of rotatable bonds is 8. The van der Waals surface area contributed by atoms with E-state index in [9.17, 15) is 42.9 Å². The van der Waals surface area contributed by atoms with Gasteiger partial charge < -0.3 is 40.3 Å². The number of aliphatic hydroxyl groups is 2. The molecule has 0 aromatic carbocycles. The number of imidazole rings is 1. The van der Waals surface area contributed by atoms with E-state index in [1.54, 1.807) is 0 Å². The molecule has 1 aliphatic rings. The zero-order chi connectivity index (χ0) is 27.1. The van der Waals surface area contributed by atoms with Crippen LogP contribution in [0.15, 0.2) is 11.1 Å². The van der Waals surface area contributed by atoms with Gasteiger partial charge in [0.15, 0.2) is 23.0 Å². The van der Waals surface area contributed by atoms with Crippen LogP contribution in [-0.4, -0.2) is 80.4 Å². The van der Waals surface area contributed by atoms with Crippen LogP contribution in [0.5, 0.6) is 0 Å². The van der Waals surface area contributed by atoms with Crippen molar-refractivity contribution in [3.8, 4) is 11.8 Å². The summed E-state index contributed by atoms with van der Waals surface area (Å²) >= 11 is 0. The van der Waals surface area contributed by atoms with Gasteiger partial charge in [0.25, 0.3) is 5.56 Å². The molecule has 1 fully saturated rings. The highest BCUT2D eigenvalue weighted by Gasteiger charge is 2.57. The van der Waals surface area contributed by atoms with Crippen LogP contribution in [0.1, 0.15) is 6.23 Å². The highest BCUT2D eigenvalue weighted by atomic mass is 31.3. The molecule has 0 saturated carbocycles. The lowest BCUT2D eigenvalue weighted by Gasteiger charge is -2.26. The zero-order valence-electron chi connectivity index (χ0n) is 17.3. The second kappa shape index (κ2) is 10.0. The van der Waals surface area contributed by atoms with E-state index in [0.29, 0.717) is 0 Å². The number of anilines is 1. The van der Waals surface area contributed by atoms with Gasteiger partial charge in [-0.05, 0) is 0 Å². The molecule has 3 rings (SSSR count). The molecule has 3 heterocycles. The lowest BCUT2D eigenvalue weighted by Crippen LogP contribution is -2.46. The zero-order valence-corrected chi connectivity index (χ0v) is 20.0. The van der Waals surface area contributed by atoms with Crippen LogP contribution in [0.4, 0.5) is 10.3 Å². The van der Waals surface area contributed by atoms with Crippen molar-refractivity contribution in [1.29, 1.82) is 0 Å². The number of nitrogens with one attached hydrogen (secondary N) is 1. The van der Waals surface area contributed by atoms with E-state index >= 15 is 0 Å². The largest absolute Gasteiger partial charge is 0.490 e. The van der Waals surface area contributed by atoms with Crippen molar-refractivity contribution in [2.24, 2.45) is 0 Å². The number of aromatic amines is 1. The highest BCUT2D eigenvalue weighted by molar-refractivity contribution is 7.66. The second-order valence-electron chi connectivity index (χ2n) is 6.89.